The molecular weight excluding hydrogens is 382 g/mol. The number of carbonyl (C=O) groups excluding carboxylic acids is 1. The Balaban J connectivity index is 1.72. The number of aromatic nitrogens is 4. The van der Waals surface area contributed by atoms with Crippen LogP contribution >= 0.6 is 11.8 Å². The van der Waals surface area contributed by atoms with Crippen LogP contribution in [0.1, 0.15) is 32.3 Å². The molecule has 0 spiro atoms. The Labute approximate surface area is 175 Å². The quantitative estimate of drug-likeness (QED) is 0.430. The van der Waals surface area contributed by atoms with Gasteiger partial charge < -0.3 is 5.32 Å². The summed E-state index contributed by atoms with van der Waals surface area (Å²) in [6, 6.07) is 11.7. The maximum atomic E-state index is 12.7. The average Bonchev–Trinajstić information content (AvgIpc) is 3.11. The van der Waals surface area contributed by atoms with Gasteiger partial charge in [0.25, 0.3) is 0 Å². The third kappa shape index (κ3) is 5.12. The molecule has 0 saturated carbocycles. The molecule has 3 rings (SSSR count). The highest BCUT2D eigenvalue weighted by Gasteiger charge is 2.20. The van der Waals surface area contributed by atoms with Crippen molar-refractivity contribution in [3.63, 3.8) is 0 Å². The largest absolute Gasteiger partial charge is 0.325 e. The molecule has 1 amide bonds. The van der Waals surface area contributed by atoms with Crippen LogP contribution in [0.5, 0.6) is 0 Å². The van der Waals surface area contributed by atoms with Crippen molar-refractivity contribution in [3.8, 4) is 11.4 Å². The van der Waals surface area contributed by atoms with E-state index in [1.54, 1.807) is 18.5 Å². The van der Waals surface area contributed by atoms with Gasteiger partial charge in [0, 0.05) is 30.2 Å². The summed E-state index contributed by atoms with van der Waals surface area (Å²) in [5, 5.41) is 11.9. The summed E-state index contributed by atoms with van der Waals surface area (Å²) in [6.07, 6.45) is 5.25. The predicted molar refractivity (Wildman–Crippen MR) is 118 cm³/mol. The van der Waals surface area contributed by atoms with Gasteiger partial charge in [0.2, 0.25) is 5.91 Å². The number of nitrogens with zero attached hydrogens (tertiary/aromatic N) is 4. The highest BCUT2D eigenvalue weighted by Crippen LogP contribution is 2.27. The first kappa shape index (κ1) is 20.8. The van der Waals surface area contributed by atoms with Crippen LogP contribution < -0.4 is 5.32 Å². The van der Waals surface area contributed by atoms with E-state index in [0.717, 1.165) is 11.3 Å². The fourth-order valence-electron chi connectivity index (χ4n) is 2.79. The van der Waals surface area contributed by atoms with Crippen LogP contribution in [-0.4, -0.2) is 30.9 Å². The first-order chi connectivity index (χ1) is 14.0. The molecule has 0 aliphatic rings. The first-order valence-electron chi connectivity index (χ1n) is 9.51. The summed E-state index contributed by atoms with van der Waals surface area (Å²) in [6.45, 7) is 10.5. The van der Waals surface area contributed by atoms with Crippen LogP contribution in [0.4, 0.5) is 5.69 Å². The van der Waals surface area contributed by atoms with Crippen molar-refractivity contribution in [2.24, 2.45) is 0 Å². The number of rotatable bonds is 8. The van der Waals surface area contributed by atoms with Gasteiger partial charge in [-0.05, 0) is 42.7 Å². The number of hydrogen-bond acceptors (Lipinski definition) is 5. The second-order valence-corrected chi connectivity index (χ2v) is 8.28. The highest BCUT2D eigenvalue weighted by molar-refractivity contribution is 8.00. The smallest absolute Gasteiger partial charge is 0.237 e. The molecule has 1 atom stereocenters. The minimum absolute atomic E-state index is 0.0802. The molecule has 0 fully saturated rings. The zero-order valence-electron chi connectivity index (χ0n) is 16.9. The molecule has 0 radical (unpaired) electrons. The monoisotopic (exact) mass is 407 g/mol. The minimum atomic E-state index is -0.339. The molecule has 7 heteroatoms. The molecule has 1 unspecified atom stereocenters. The Morgan fingerprint density at radius 2 is 1.97 bits per heavy atom. The van der Waals surface area contributed by atoms with Crippen LogP contribution in [0, 0.1) is 0 Å². The molecule has 2 heterocycles. The lowest BCUT2D eigenvalue weighted by molar-refractivity contribution is -0.115. The third-order valence-electron chi connectivity index (χ3n) is 4.44. The maximum Gasteiger partial charge on any atom is 0.237 e. The number of allylic oxidation sites excluding steroid dienone is 1. The minimum Gasteiger partial charge on any atom is -0.325 e. The van der Waals surface area contributed by atoms with E-state index in [1.807, 2.05) is 47.9 Å². The summed E-state index contributed by atoms with van der Waals surface area (Å²) in [5.41, 5.74) is 2.90. The molecule has 6 nitrogen and oxygen atoms in total. The molecule has 29 heavy (non-hydrogen) atoms. The van der Waals surface area contributed by atoms with E-state index in [0.29, 0.717) is 23.4 Å². The van der Waals surface area contributed by atoms with Gasteiger partial charge in [-0.25, -0.2) is 0 Å². The lowest BCUT2D eigenvalue weighted by Gasteiger charge is -2.13. The van der Waals surface area contributed by atoms with Gasteiger partial charge in [-0.3, -0.25) is 14.3 Å². The summed E-state index contributed by atoms with van der Waals surface area (Å²) in [7, 11) is 0. The maximum absolute atomic E-state index is 12.7. The fraction of sp³-hybridized carbons (Fsp3) is 0.273. The number of carbonyl (C=O) groups is 1. The summed E-state index contributed by atoms with van der Waals surface area (Å²) >= 11 is 1.37. The molecule has 0 aliphatic heterocycles. The van der Waals surface area contributed by atoms with E-state index >= 15 is 0 Å². The van der Waals surface area contributed by atoms with Crippen LogP contribution in [0.15, 0.2) is 66.6 Å². The Morgan fingerprint density at radius 1 is 1.21 bits per heavy atom. The van der Waals surface area contributed by atoms with Crippen molar-refractivity contribution < 1.29 is 4.79 Å². The zero-order valence-corrected chi connectivity index (χ0v) is 17.7. The standard InChI is InChI=1S/C22H25N5OS/c1-5-13-27-20(18-7-6-12-23-14-18)25-26-22(27)29-16(4)21(28)24-19-10-8-17(9-11-19)15(2)3/h5-12,14-16H,1,13H2,2-4H3,(H,24,28). The molecule has 0 saturated heterocycles. The molecule has 150 valence electrons. The van der Waals surface area contributed by atoms with E-state index in [2.05, 4.69) is 40.9 Å². The summed E-state index contributed by atoms with van der Waals surface area (Å²) in [5.74, 6) is 1.08. The van der Waals surface area contributed by atoms with Gasteiger partial charge >= 0.3 is 0 Å². The van der Waals surface area contributed by atoms with Gasteiger partial charge in [0.15, 0.2) is 11.0 Å². The second-order valence-electron chi connectivity index (χ2n) is 6.97. The third-order valence-corrected chi connectivity index (χ3v) is 5.53. The molecule has 3 aromatic rings. The molecule has 2 aromatic heterocycles. The van der Waals surface area contributed by atoms with Crippen molar-refractivity contribution in [2.45, 2.75) is 43.6 Å². The van der Waals surface area contributed by atoms with Gasteiger partial charge in [-0.1, -0.05) is 43.8 Å². The lowest BCUT2D eigenvalue weighted by atomic mass is 10.0. The average molecular weight is 408 g/mol. The van der Waals surface area contributed by atoms with E-state index in [9.17, 15) is 4.79 Å². The number of hydrogen-bond donors (Lipinski definition) is 1. The van der Waals surface area contributed by atoms with Crippen LogP contribution in [-0.2, 0) is 11.3 Å². The molecular formula is C22H25N5OS. The highest BCUT2D eigenvalue weighted by atomic mass is 32.2. The van der Waals surface area contributed by atoms with Crippen molar-refractivity contribution in [1.29, 1.82) is 0 Å². The Kier molecular flexibility index (Phi) is 6.82. The van der Waals surface area contributed by atoms with E-state index < -0.39 is 0 Å². The summed E-state index contributed by atoms with van der Waals surface area (Å²) in [4.78, 5) is 16.8. The first-order valence-corrected chi connectivity index (χ1v) is 10.4. The van der Waals surface area contributed by atoms with Crippen molar-refractivity contribution in [3.05, 3.63) is 67.0 Å². The van der Waals surface area contributed by atoms with Crippen molar-refractivity contribution in [1.82, 2.24) is 19.7 Å². The van der Waals surface area contributed by atoms with E-state index in [-0.39, 0.29) is 11.2 Å². The number of anilines is 1. The molecule has 0 aliphatic carbocycles. The van der Waals surface area contributed by atoms with Gasteiger partial charge in [0.05, 0.1) is 5.25 Å². The van der Waals surface area contributed by atoms with Crippen LogP contribution in [0.25, 0.3) is 11.4 Å². The fourth-order valence-corrected chi connectivity index (χ4v) is 3.64. The van der Waals surface area contributed by atoms with Crippen LogP contribution in [0.3, 0.4) is 0 Å². The Hall–Kier alpha value is -2.93. The van der Waals surface area contributed by atoms with Gasteiger partial charge in [-0.15, -0.1) is 16.8 Å². The second kappa shape index (κ2) is 9.52. The normalized spacial score (nSPS) is 12.0. The zero-order chi connectivity index (χ0) is 20.8. The molecule has 0 bridgehead atoms. The predicted octanol–water partition coefficient (Wildman–Crippen LogP) is 4.77. The number of benzene rings is 1. The molecule has 1 N–H and O–H groups in total. The number of amides is 1. The SMILES string of the molecule is C=CCn1c(SC(C)C(=O)Nc2ccc(C(C)C)cc2)nnc1-c1cccnc1. The lowest BCUT2D eigenvalue weighted by Crippen LogP contribution is -2.23. The Morgan fingerprint density at radius 3 is 2.59 bits per heavy atom. The Bertz CT molecular complexity index is 967. The number of nitrogens with one attached hydrogen (secondary N) is 1. The van der Waals surface area contributed by atoms with E-state index in [4.69, 9.17) is 0 Å². The van der Waals surface area contributed by atoms with E-state index in [1.165, 1.54) is 17.3 Å². The topological polar surface area (TPSA) is 72.7 Å². The number of pyridine rings is 1. The molecule has 1 aromatic carbocycles. The van der Waals surface area contributed by atoms with Crippen molar-refractivity contribution in [2.75, 3.05) is 5.32 Å². The van der Waals surface area contributed by atoms with Gasteiger partial charge in [-0.2, -0.15) is 0 Å². The van der Waals surface area contributed by atoms with Crippen LogP contribution in [0.2, 0.25) is 0 Å². The van der Waals surface area contributed by atoms with Gasteiger partial charge in [0.1, 0.15) is 0 Å². The number of thioether (sulfide) groups is 1. The summed E-state index contributed by atoms with van der Waals surface area (Å²) < 4.78 is 1.94. The van der Waals surface area contributed by atoms with Crippen molar-refractivity contribution >= 4 is 23.4 Å².